The van der Waals surface area contributed by atoms with Gasteiger partial charge < -0.3 is 19.7 Å². The van der Waals surface area contributed by atoms with Crippen molar-refractivity contribution >= 4 is 40.8 Å². The Morgan fingerprint density at radius 1 is 0.973 bits per heavy atom. The largest absolute Gasteiger partial charge is 0.465 e. The Labute approximate surface area is 219 Å². The van der Waals surface area contributed by atoms with Gasteiger partial charge in [0.2, 0.25) is 5.91 Å². The highest BCUT2D eigenvalue weighted by Crippen LogP contribution is 2.45. The summed E-state index contributed by atoms with van der Waals surface area (Å²) in [5.74, 6) is -2.35. The van der Waals surface area contributed by atoms with Gasteiger partial charge >= 0.3 is 11.9 Å². The van der Waals surface area contributed by atoms with Crippen LogP contribution in [0.25, 0.3) is 0 Å². The van der Waals surface area contributed by atoms with E-state index in [-0.39, 0.29) is 34.5 Å². The number of anilines is 1. The van der Waals surface area contributed by atoms with Crippen molar-refractivity contribution in [2.24, 2.45) is 5.92 Å². The number of esters is 2. The molecule has 3 aromatic rings. The fourth-order valence-corrected chi connectivity index (χ4v) is 5.51. The van der Waals surface area contributed by atoms with Crippen LogP contribution in [0.15, 0.2) is 60.0 Å². The van der Waals surface area contributed by atoms with Crippen molar-refractivity contribution in [3.8, 4) is 0 Å². The zero-order valence-corrected chi connectivity index (χ0v) is 21.8. The molecule has 9 heteroatoms. The molecule has 2 heterocycles. The SMILES string of the molecule is COC(=O)c1cc(NC(=O)C2c3ccccc3C(=O)N(CC(C)C)C2c2cccs2)cc(C(=O)OC)c1. The first-order valence-electron chi connectivity index (χ1n) is 11.8. The van der Waals surface area contributed by atoms with Crippen LogP contribution < -0.4 is 5.32 Å². The standard InChI is InChI=1S/C28H28N2O6S/c1-16(2)15-30-24(22-10-7-11-37-22)23(20-8-5-6-9-21(20)26(30)32)25(31)29-19-13-17(27(33)35-3)12-18(14-19)28(34)36-4/h5-14,16,23-24H,15H2,1-4H3,(H,29,31). The van der Waals surface area contributed by atoms with Gasteiger partial charge in [0.05, 0.1) is 37.3 Å². The van der Waals surface area contributed by atoms with E-state index in [1.54, 1.807) is 23.1 Å². The average Bonchev–Trinajstić information content (AvgIpc) is 3.43. The monoisotopic (exact) mass is 520 g/mol. The second kappa shape index (κ2) is 11.0. The number of amides is 2. The smallest absolute Gasteiger partial charge is 0.337 e. The zero-order chi connectivity index (χ0) is 26.7. The molecule has 0 aliphatic carbocycles. The van der Waals surface area contributed by atoms with Gasteiger partial charge in [-0.15, -0.1) is 11.3 Å². The van der Waals surface area contributed by atoms with Crippen molar-refractivity contribution in [1.29, 1.82) is 0 Å². The molecule has 0 radical (unpaired) electrons. The summed E-state index contributed by atoms with van der Waals surface area (Å²) in [7, 11) is 2.46. The van der Waals surface area contributed by atoms with Gasteiger partial charge in [-0.3, -0.25) is 9.59 Å². The number of rotatable bonds is 7. The number of benzene rings is 2. The summed E-state index contributed by atoms with van der Waals surface area (Å²) in [6.07, 6.45) is 0. The van der Waals surface area contributed by atoms with Crippen LogP contribution in [0.2, 0.25) is 0 Å². The van der Waals surface area contributed by atoms with E-state index in [9.17, 15) is 19.2 Å². The van der Waals surface area contributed by atoms with E-state index in [0.29, 0.717) is 17.7 Å². The normalized spacial score (nSPS) is 16.8. The summed E-state index contributed by atoms with van der Waals surface area (Å²) >= 11 is 1.49. The third-order valence-corrected chi connectivity index (χ3v) is 7.10. The van der Waals surface area contributed by atoms with Gasteiger partial charge in [-0.25, -0.2) is 9.59 Å². The Bertz CT molecular complexity index is 1300. The van der Waals surface area contributed by atoms with Crippen LogP contribution in [0.4, 0.5) is 5.69 Å². The number of carbonyl (C=O) groups excluding carboxylic acids is 4. The molecule has 8 nitrogen and oxygen atoms in total. The number of hydrogen-bond acceptors (Lipinski definition) is 7. The van der Waals surface area contributed by atoms with Crippen LogP contribution >= 0.6 is 11.3 Å². The number of ether oxygens (including phenoxy) is 2. The quantitative estimate of drug-likeness (QED) is 0.445. The van der Waals surface area contributed by atoms with Gasteiger partial charge in [-0.05, 0) is 47.2 Å². The van der Waals surface area contributed by atoms with Crippen molar-refractivity contribution < 1.29 is 28.7 Å². The first kappa shape index (κ1) is 26.1. The van der Waals surface area contributed by atoms with Gasteiger partial charge in [0.15, 0.2) is 0 Å². The summed E-state index contributed by atoms with van der Waals surface area (Å²) in [6.45, 7) is 4.53. The van der Waals surface area contributed by atoms with Gasteiger partial charge in [0.1, 0.15) is 0 Å². The molecule has 2 unspecified atom stereocenters. The molecule has 1 aromatic heterocycles. The highest BCUT2D eigenvalue weighted by atomic mass is 32.1. The number of nitrogens with zero attached hydrogens (tertiary/aromatic N) is 1. The lowest BCUT2D eigenvalue weighted by Gasteiger charge is -2.42. The van der Waals surface area contributed by atoms with E-state index in [1.807, 2.05) is 37.4 Å². The zero-order valence-electron chi connectivity index (χ0n) is 21.0. The third kappa shape index (κ3) is 5.27. The minimum atomic E-state index is -0.727. The van der Waals surface area contributed by atoms with E-state index >= 15 is 0 Å². The lowest BCUT2D eigenvalue weighted by Crippen LogP contribution is -2.47. The topological polar surface area (TPSA) is 102 Å². The summed E-state index contributed by atoms with van der Waals surface area (Å²) in [5.41, 5.74) is 1.53. The van der Waals surface area contributed by atoms with Crippen molar-refractivity contribution in [3.05, 3.63) is 87.1 Å². The fourth-order valence-electron chi connectivity index (χ4n) is 4.64. The van der Waals surface area contributed by atoms with Crippen molar-refractivity contribution in [1.82, 2.24) is 4.90 Å². The van der Waals surface area contributed by atoms with Gasteiger partial charge in [-0.2, -0.15) is 0 Å². The molecule has 0 saturated heterocycles. The van der Waals surface area contributed by atoms with E-state index < -0.39 is 23.9 Å². The van der Waals surface area contributed by atoms with Crippen molar-refractivity contribution in [2.75, 3.05) is 26.1 Å². The highest BCUT2D eigenvalue weighted by molar-refractivity contribution is 7.10. The van der Waals surface area contributed by atoms with Crippen LogP contribution in [-0.4, -0.2) is 49.4 Å². The van der Waals surface area contributed by atoms with E-state index in [4.69, 9.17) is 9.47 Å². The van der Waals surface area contributed by atoms with Crippen molar-refractivity contribution in [2.45, 2.75) is 25.8 Å². The van der Waals surface area contributed by atoms with Gasteiger partial charge in [-0.1, -0.05) is 38.1 Å². The molecule has 1 aliphatic rings. The number of thiophene rings is 1. The molecule has 1 aliphatic heterocycles. The number of fused-ring (bicyclic) bond motifs is 1. The molecule has 37 heavy (non-hydrogen) atoms. The Morgan fingerprint density at radius 2 is 1.62 bits per heavy atom. The Kier molecular flexibility index (Phi) is 7.73. The molecule has 2 aromatic carbocycles. The minimum absolute atomic E-state index is 0.0937. The second-order valence-electron chi connectivity index (χ2n) is 9.15. The average molecular weight is 521 g/mol. The third-order valence-electron chi connectivity index (χ3n) is 6.16. The van der Waals surface area contributed by atoms with Crippen LogP contribution in [0, 0.1) is 5.92 Å². The molecule has 0 spiro atoms. The summed E-state index contributed by atoms with van der Waals surface area (Å²) in [5, 5.41) is 4.81. The Morgan fingerprint density at radius 3 is 2.19 bits per heavy atom. The van der Waals surface area contributed by atoms with Crippen LogP contribution in [0.1, 0.15) is 67.3 Å². The van der Waals surface area contributed by atoms with Crippen LogP contribution in [-0.2, 0) is 14.3 Å². The van der Waals surface area contributed by atoms with E-state index in [0.717, 1.165) is 4.88 Å². The maximum absolute atomic E-state index is 14.0. The molecule has 0 bridgehead atoms. The van der Waals surface area contributed by atoms with E-state index in [1.165, 1.54) is 43.8 Å². The minimum Gasteiger partial charge on any atom is -0.465 e. The summed E-state index contributed by atoms with van der Waals surface area (Å²) in [4.78, 5) is 54.7. The summed E-state index contributed by atoms with van der Waals surface area (Å²) < 4.78 is 9.62. The van der Waals surface area contributed by atoms with Gasteiger partial charge in [0, 0.05) is 22.7 Å². The van der Waals surface area contributed by atoms with Crippen LogP contribution in [0.3, 0.4) is 0 Å². The predicted molar refractivity (Wildman–Crippen MR) is 140 cm³/mol. The molecule has 4 rings (SSSR count). The molecule has 1 N–H and O–H groups in total. The molecular weight excluding hydrogens is 492 g/mol. The predicted octanol–water partition coefficient (Wildman–Crippen LogP) is 4.90. The lowest BCUT2D eigenvalue weighted by molar-refractivity contribution is -0.119. The Balaban J connectivity index is 1.81. The maximum atomic E-state index is 14.0. The lowest BCUT2D eigenvalue weighted by atomic mass is 9.81. The van der Waals surface area contributed by atoms with Crippen LogP contribution in [0.5, 0.6) is 0 Å². The maximum Gasteiger partial charge on any atom is 0.337 e. The molecular formula is C28H28N2O6S. The molecule has 2 amide bonds. The number of carbonyl (C=O) groups is 4. The molecule has 0 fully saturated rings. The highest BCUT2D eigenvalue weighted by Gasteiger charge is 2.44. The number of methoxy groups -OCH3 is 2. The number of nitrogens with one attached hydrogen (secondary N) is 1. The first-order chi connectivity index (χ1) is 17.7. The molecule has 2 atom stereocenters. The van der Waals surface area contributed by atoms with Gasteiger partial charge in [0.25, 0.3) is 5.91 Å². The molecule has 192 valence electrons. The fraction of sp³-hybridized carbons (Fsp3) is 0.286. The van der Waals surface area contributed by atoms with E-state index in [2.05, 4.69) is 5.32 Å². The summed E-state index contributed by atoms with van der Waals surface area (Å²) in [6, 6.07) is 14.7. The van der Waals surface area contributed by atoms with Crippen molar-refractivity contribution in [3.63, 3.8) is 0 Å². The molecule has 0 saturated carbocycles. The second-order valence-corrected chi connectivity index (χ2v) is 10.1. The Hall–Kier alpha value is -3.98. The first-order valence-corrected chi connectivity index (χ1v) is 12.7. The number of hydrogen-bond donors (Lipinski definition) is 1.